The van der Waals surface area contributed by atoms with Crippen molar-refractivity contribution in [1.82, 2.24) is 10.3 Å². The van der Waals surface area contributed by atoms with Gasteiger partial charge in [0.15, 0.2) is 5.89 Å². The Morgan fingerprint density at radius 3 is 2.76 bits per heavy atom. The highest BCUT2D eigenvalue weighted by molar-refractivity contribution is 5.27. The second kappa shape index (κ2) is 6.30. The molecule has 0 aliphatic heterocycles. The van der Waals surface area contributed by atoms with E-state index in [1.165, 1.54) is 6.07 Å². The average Bonchev–Trinajstić information content (AvgIpc) is 2.85. The van der Waals surface area contributed by atoms with Crippen LogP contribution in [0.2, 0.25) is 0 Å². The van der Waals surface area contributed by atoms with Gasteiger partial charge in [-0.1, -0.05) is 18.2 Å². The number of rotatable bonds is 5. The van der Waals surface area contributed by atoms with Crippen molar-refractivity contribution in [3.8, 4) is 0 Å². The molecule has 1 N–H and O–H groups in total. The van der Waals surface area contributed by atoms with Crippen LogP contribution >= 0.6 is 0 Å². The minimum absolute atomic E-state index is 0.248. The van der Waals surface area contributed by atoms with Crippen LogP contribution in [0.1, 0.15) is 29.6 Å². The normalized spacial score (nSPS) is 13.4. The van der Waals surface area contributed by atoms with Gasteiger partial charge in [0.1, 0.15) is 6.26 Å². The van der Waals surface area contributed by atoms with Gasteiger partial charge >= 0.3 is 6.18 Å². The van der Waals surface area contributed by atoms with Crippen LogP contribution in [0.25, 0.3) is 0 Å². The standard InChI is InChI=1S/C15H17F3N2O/c1-10(19-2)6-13-9-21-14(20-13)8-11-4-3-5-12(7-11)15(16,17)18/h3-5,7,9-10,19H,6,8H2,1-2H3. The van der Waals surface area contributed by atoms with Gasteiger partial charge in [0, 0.05) is 18.9 Å². The van der Waals surface area contributed by atoms with Crippen molar-refractivity contribution in [3.63, 3.8) is 0 Å². The first kappa shape index (κ1) is 15.6. The Balaban J connectivity index is 2.08. The fourth-order valence-corrected chi connectivity index (χ4v) is 1.97. The third-order valence-electron chi connectivity index (χ3n) is 3.22. The molecule has 6 heteroatoms. The fourth-order valence-electron chi connectivity index (χ4n) is 1.97. The van der Waals surface area contributed by atoms with Crippen molar-refractivity contribution < 1.29 is 17.6 Å². The summed E-state index contributed by atoms with van der Waals surface area (Å²) in [5, 5.41) is 3.09. The van der Waals surface area contributed by atoms with Crippen LogP contribution in [0.3, 0.4) is 0 Å². The van der Waals surface area contributed by atoms with Crippen LogP contribution in [0.4, 0.5) is 13.2 Å². The largest absolute Gasteiger partial charge is 0.448 e. The van der Waals surface area contributed by atoms with E-state index in [1.807, 2.05) is 14.0 Å². The zero-order chi connectivity index (χ0) is 15.5. The highest BCUT2D eigenvalue weighted by Crippen LogP contribution is 2.29. The lowest BCUT2D eigenvalue weighted by atomic mass is 10.1. The summed E-state index contributed by atoms with van der Waals surface area (Å²) in [6.07, 6.45) is -1.82. The Morgan fingerprint density at radius 1 is 1.33 bits per heavy atom. The summed E-state index contributed by atoms with van der Waals surface area (Å²) in [5.41, 5.74) is 0.661. The van der Waals surface area contributed by atoms with Gasteiger partial charge in [0.2, 0.25) is 0 Å². The molecular weight excluding hydrogens is 281 g/mol. The lowest BCUT2D eigenvalue weighted by Gasteiger charge is -2.07. The Bertz CT molecular complexity index is 593. The number of nitrogens with zero attached hydrogens (tertiary/aromatic N) is 1. The molecule has 1 aromatic heterocycles. The first-order chi connectivity index (χ1) is 9.88. The van der Waals surface area contributed by atoms with E-state index in [0.717, 1.165) is 17.8 Å². The summed E-state index contributed by atoms with van der Waals surface area (Å²) >= 11 is 0. The van der Waals surface area contributed by atoms with E-state index in [0.29, 0.717) is 17.9 Å². The monoisotopic (exact) mass is 298 g/mol. The number of hydrogen-bond donors (Lipinski definition) is 1. The minimum atomic E-state index is -4.33. The summed E-state index contributed by atoms with van der Waals surface area (Å²) in [5.74, 6) is 0.424. The van der Waals surface area contributed by atoms with Crippen molar-refractivity contribution in [2.24, 2.45) is 0 Å². The molecule has 0 radical (unpaired) electrons. The highest BCUT2D eigenvalue weighted by atomic mass is 19.4. The molecule has 1 heterocycles. The molecule has 1 atom stereocenters. The summed E-state index contributed by atoms with van der Waals surface area (Å²) in [4.78, 5) is 4.30. The van der Waals surface area contributed by atoms with E-state index in [9.17, 15) is 13.2 Å². The van der Waals surface area contributed by atoms with Gasteiger partial charge < -0.3 is 9.73 Å². The van der Waals surface area contributed by atoms with Crippen molar-refractivity contribution in [3.05, 3.63) is 53.2 Å². The van der Waals surface area contributed by atoms with Gasteiger partial charge in [-0.15, -0.1) is 0 Å². The molecule has 0 saturated heterocycles. The van der Waals surface area contributed by atoms with Crippen molar-refractivity contribution >= 4 is 0 Å². The van der Waals surface area contributed by atoms with Gasteiger partial charge in [-0.25, -0.2) is 4.98 Å². The Morgan fingerprint density at radius 2 is 2.10 bits per heavy atom. The summed E-state index contributed by atoms with van der Waals surface area (Å²) in [7, 11) is 1.86. The zero-order valence-electron chi connectivity index (χ0n) is 11.9. The maximum Gasteiger partial charge on any atom is 0.416 e. The number of alkyl halides is 3. The number of benzene rings is 1. The predicted molar refractivity (Wildman–Crippen MR) is 73.0 cm³/mol. The molecular formula is C15H17F3N2O. The Labute approximate surface area is 121 Å². The highest BCUT2D eigenvalue weighted by Gasteiger charge is 2.30. The van der Waals surface area contributed by atoms with Crippen molar-refractivity contribution in [2.75, 3.05) is 7.05 Å². The Kier molecular flexibility index (Phi) is 4.67. The molecule has 1 aromatic carbocycles. The molecule has 2 rings (SSSR count). The van der Waals surface area contributed by atoms with Crippen LogP contribution in [0, 0.1) is 0 Å². The third-order valence-corrected chi connectivity index (χ3v) is 3.22. The fraction of sp³-hybridized carbons (Fsp3) is 0.400. The maximum atomic E-state index is 12.6. The molecule has 0 aliphatic carbocycles. The van der Waals surface area contributed by atoms with Crippen LogP contribution in [0.5, 0.6) is 0 Å². The second-order valence-corrected chi connectivity index (χ2v) is 5.00. The zero-order valence-corrected chi connectivity index (χ0v) is 11.9. The van der Waals surface area contributed by atoms with E-state index in [4.69, 9.17) is 4.42 Å². The SMILES string of the molecule is CNC(C)Cc1coc(Cc2cccc(C(F)(F)F)c2)n1. The number of oxazole rings is 1. The molecule has 0 fully saturated rings. The molecule has 2 aromatic rings. The smallest absolute Gasteiger partial charge is 0.416 e. The third kappa shape index (κ3) is 4.32. The van der Waals surface area contributed by atoms with Gasteiger partial charge in [-0.2, -0.15) is 13.2 Å². The molecule has 114 valence electrons. The van der Waals surface area contributed by atoms with E-state index in [2.05, 4.69) is 10.3 Å². The topological polar surface area (TPSA) is 38.1 Å². The first-order valence-electron chi connectivity index (χ1n) is 6.65. The van der Waals surface area contributed by atoms with Crippen LogP contribution in [0.15, 0.2) is 34.9 Å². The molecule has 0 bridgehead atoms. The molecule has 1 unspecified atom stereocenters. The predicted octanol–water partition coefficient (Wildman–Crippen LogP) is 3.43. The second-order valence-electron chi connectivity index (χ2n) is 5.00. The molecule has 0 saturated carbocycles. The quantitative estimate of drug-likeness (QED) is 0.919. The van der Waals surface area contributed by atoms with Crippen LogP contribution in [-0.2, 0) is 19.0 Å². The number of hydrogen-bond acceptors (Lipinski definition) is 3. The summed E-state index contributed by atoms with van der Waals surface area (Å²) in [6, 6.07) is 5.47. The van der Waals surface area contributed by atoms with Gasteiger partial charge in [0.25, 0.3) is 0 Å². The van der Waals surface area contributed by atoms with Crippen molar-refractivity contribution in [1.29, 1.82) is 0 Å². The van der Waals surface area contributed by atoms with E-state index in [-0.39, 0.29) is 12.5 Å². The Hall–Kier alpha value is -1.82. The average molecular weight is 298 g/mol. The van der Waals surface area contributed by atoms with Gasteiger partial charge in [-0.3, -0.25) is 0 Å². The number of halogens is 3. The van der Waals surface area contributed by atoms with Crippen molar-refractivity contribution in [2.45, 2.75) is 32.0 Å². The first-order valence-corrected chi connectivity index (χ1v) is 6.65. The van der Waals surface area contributed by atoms with E-state index >= 15 is 0 Å². The summed E-state index contributed by atoms with van der Waals surface area (Å²) < 4.78 is 43.3. The number of likely N-dealkylation sites (N-methyl/N-ethyl adjacent to an activating group) is 1. The number of nitrogens with one attached hydrogen (secondary N) is 1. The van der Waals surface area contributed by atoms with Gasteiger partial charge in [0.05, 0.1) is 11.3 Å². The maximum absolute atomic E-state index is 12.6. The summed E-state index contributed by atoms with van der Waals surface area (Å²) in [6.45, 7) is 2.02. The van der Waals surface area contributed by atoms with Gasteiger partial charge in [-0.05, 0) is 25.6 Å². The van der Waals surface area contributed by atoms with E-state index in [1.54, 1.807) is 12.3 Å². The van der Waals surface area contributed by atoms with E-state index < -0.39 is 11.7 Å². The molecule has 0 spiro atoms. The molecule has 3 nitrogen and oxygen atoms in total. The minimum Gasteiger partial charge on any atom is -0.448 e. The lowest BCUT2D eigenvalue weighted by molar-refractivity contribution is -0.137. The molecule has 0 amide bonds. The lowest BCUT2D eigenvalue weighted by Crippen LogP contribution is -2.23. The number of aromatic nitrogens is 1. The molecule has 0 aliphatic rings. The van der Waals surface area contributed by atoms with Crippen LogP contribution < -0.4 is 5.32 Å². The van der Waals surface area contributed by atoms with Crippen LogP contribution in [-0.4, -0.2) is 18.1 Å². The molecule has 21 heavy (non-hydrogen) atoms.